The van der Waals surface area contributed by atoms with Gasteiger partial charge in [0.15, 0.2) is 5.82 Å². The molecule has 1 N–H and O–H groups in total. The predicted octanol–water partition coefficient (Wildman–Crippen LogP) is 3.16. The Morgan fingerprint density at radius 3 is 2.71 bits per heavy atom. The second-order valence-electron chi connectivity index (χ2n) is 7.23. The molecule has 0 radical (unpaired) electrons. The van der Waals surface area contributed by atoms with Crippen LogP contribution in [0, 0.1) is 5.82 Å². The first kappa shape index (κ1) is 20.0. The molecular weight excluding hydrogens is 359 g/mol. The number of benzene rings is 1. The van der Waals surface area contributed by atoms with Gasteiger partial charge in [0.2, 0.25) is 0 Å². The highest BCUT2D eigenvalue weighted by Crippen LogP contribution is 2.22. The van der Waals surface area contributed by atoms with Gasteiger partial charge in [-0.1, -0.05) is 25.5 Å². The van der Waals surface area contributed by atoms with Gasteiger partial charge in [-0.15, -0.1) is 0 Å². The highest BCUT2D eigenvalue weighted by atomic mass is 19.1. The lowest BCUT2D eigenvalue weighted by Crippen LogP contribution is -2.29. The first-order valence-corrected chi connectivity index (χ1v) is 9.88. The number of carbonyl (C=O) groups is 2. The summed E-state index contributed by atoms with van der Waals surface area (Å²) in [5, 5.41) is 2.83. The fraction of sp³-hybridized carbons (Fsp3) is 0.476. The molecule has 3 rings (SSSR count). The van der Waals surface area contributed by atoms with E-state index in [4.69, 9.17) is 0 Å². The lowest BCUT2D eigenvalue weighted by molar-refractivity contribution is 0.0786. The van der Waals surface area contributed by atoms with Crippen LogP contribution >= 0.6 is 0 Å². The van der Waals surface area contributed by atoms with Crippen LogP contribution in [0.1, 0.15) is 65.0 Å². The molecule has 28 heavy (non-hydrogen) atoms. The topological polar surface area (TPSA) is 67.2 Å². The van der Waals surface area contributed by atoms with Gasteiger partial charge in [-0.3, -0.25) is 9.59 Å². The van der Waals surface area contributed by atoms with Gasteiger partial charge in [-0.2, -0.15) is 0 Å². The Labute approximate surface area is 164 Å². The highest BCUT2D eigenvalue weighted by Gasteiger charge is 2.28. The van der Waals surface area contributed by atoms with Crippen LogP contribution in [0.25, 0.3) is 0 Å². The van der Waals surface area contributed by atoms with E-state index in [0.29, 0.717) is 18.8 Å². The Balaban J connectivity index is 1.78. The summed E-state index contributed by atoms with van der Waals surface area (Å²) >= 11 is 0. The number of aromatic nitrogens is 2. The number of hydrogen-bond acceptors (Lipinski definition) is 3. The number of unbranched alkanes of at least 4 members (excludes halogenated alkanes) is 1. The summed E-state index contributed by atoms with van der Waals surface area (Å²) in [7, 11) is 1.78. The number of amides is 2. The van der Waals surface area contributed by atoms with Crippen molar-refractivity contribution in [2.75, 3.05) is 13.6 Å². The van der Waals surface area contributed by atoms with Gasteiger partial charge in [0, 0.05) is 26.7 Å². The van der Waals surface area contributed by atoms with Crippen LogP contribution in [-0.4, -0.2) is 39.9 Å². The van der Waals surface area contributed by atoms with Crippen molar-refractivity contribution in [3.63, 3.8) is 0 Å². The van der Waals surface area contributed by atoms with E-state index < -0.39 is 0 Å². The van der Waals surface area contributed by atoms with Crippen molar-refractivity contribution in [3.8, 4) is 0 Å². The van der Waals surface area contributed by atoms with Crippen LogP contribution in [0.3, 0.4) is 0 Å². The maximum absolute atomic E-state index is 13.0. The lowest BCUT2D eigenvalue weighted by Gasteiger charge is -2.19. The monoisotopic (exact) mass is 386 g/mol. The largest absolute Gasteiger partial charge is 0.345 e. The first-order valence-electron chi connectivity index (χ1n) is 9.88. The maximum Gasteiger partial charge on any atom is 0.287 e. The summed E-state index contributed by atoms with van der Waals surface area (Å²) in [6.07, 6.45) is 4.64. The van der Waals surface area contributed by atoms with E-state index >= 15 is 0 Å². The summed E-state index contributed by atoms with van der Waals surface area (Å²) in [4.78, 5) is 31.7. The van der Waals surface area contributed by atoms with Crippen molar-refractivity contribution >= 4 is 11.8 Å². The second kappa shape index (κ2) is 8.99. The van der Waals surface area contributed by atoms with Gasteiger partial charge in [-0.05, 0) is 43.4 Å². The van der Waals surface area contributed by atoms with Crippen molar-refractivity contribution in [3.05, 3.63) is 52.9 Å². The molecule has 1 aliphatic rings. The molecule has 0 spiro atoms. The minimum absolute atomic E-state index is 0.128. The highest BCUT2D eigenvalue weighted by molar-refractivity contribution is 5.97. The minimum Gasteiger partial charge on any atom is -0.345 e. The van der Waals surface area contributed by atoms with Gasteiger partial charge in [0.25, 0.3) is 11.8 Å². The van der Waals surface area contributed by atoms with Gasteiger partial charge in [0.1, 0.15) is 11.5 Å². The molecule has 0 saturated heterocycles. The Bertz CT molecular complexity index is 845. The maximum atomic E-state index is 13.0. The Morgan fingerprint density at radius 2 is 2.00 bits per heavy atom. The fourth-order valence-corrected chi connectivity index (χ4v) is 3.43. The molecule has 1 aliphatic heterocycles. The molecular formula is C21H27FN4O2. The molecule has 0 bridgehead atoms. The Kier molecular flexibility index (Phi) is 6.44. The average Bonchev–Trinajstić information content (AvgIpc) is 3.10. The van der Waals surface area contributed by atoms with Gasteiger partial charge >= 0.3 is 0 Å². The van der Waals surface area contributed by atoms with E-state index in [-0.39, 0.29) is 30.0 Å². The van der Waals surface area contributed by atoms with Crippen molar-refractivity contribution < 1.29 is 14.0 Å². The number of fused-ring (bicyclic) bond motifs is 1. The van der Waals surface area contributed by atoms with E-state index in [1.807, 2.05) is 4.57 Å². The van der Waals surface area contributed by atoms with Crippen LogP contribution < -0.4 is 5.32 Å². The van der Waals surface area contributed by atoms with E-state index in [9.17, 15) is 14.0 Å². The second-order valence-corrected chi connectivity index (χ2v) is 7.23. The van der Waals surface area contributed by atoms with Gasteiger partial charge in [-0.25, -0.2) is 9.37 Å². The minimum atomic E-state index is -0.317. The summed E-state index contributed by atoms with van der Waals surface area (Å²) < 4.78 is 14.9. The molecule has 2 amide bonds. The first-order chi connectivity index (χ1) is 13.5. The molecule has 2 aromatic rings. The Hall–Kier alpha value is -2.70. The standard InChI is InChI=1S/C21H27FN4O2/c1-3-4-12-25(2)21(28)18-17-7-5-6-13-26(17)19(24-18)20(27)23-14-15-8-10-16(22)11-9-15/h8-11H,3-7,12-14H2,1-2H3,(H,23,27). The molecule has 6 nitrogen and oxygen atoms in total. The number of rotatable bonds is 7. The van der Waals surface area contributed by atoms with Crippen molar-refractivity contribution in [2.24, 2.45) is 0 Å². The summed E-state index contributed by atoms with van der Waals surface area (Å²) in [5.41, 5.74) is 2.05. The smallest absolute Gasteiger partial charge is 0.287 e. The van der Waals surface area contributed by atoms with Crippen LogP contribution in [0.4, 0.5) is 4.39 Å². The predicted molar refractivity (Wildman–Crippen MR) is 105 cm³/mol. The number of nitrogens with zero attached hydrogens (tertiary/aromatic N) is 3. The zero-order valence-electron chi connectivity index (χ0n) is 16.5. The number of carbonyl (C=O) groups excluding carboxylic acids is 2. The molecule has 1 aromatic heterocycles. The Morgan fingerprint density at radius 1 is 1.25 bits per heavy atom. The van der Waals surface area contributed by atoms with Crippen LogP contribution in [0.5, 0.6) is 0 Å². The molecule has 0 fully saturated rings. The fourth-order valence-electron chi connectivity index (χ4n) is 3.43. The number of halogens is 1. The zero-order chi connectivity index (χ0) is 20.1. The van der Waals surface area contributed by atoms with E-state index in [1.54, 1.807) is 24.1 Å². The number of nitrogens with one attached hydrogen (secondary N) is 1. The third-order valence-corrected chi connectivity index (χ3v) is 5.08. The van der Waals surface area contributed by atoms with Crippen LogP contribution in [0.15, 0.2) is 24.3 Å². The van der Waals surface area contributed by atoms with Crippen molar-refractivity contribution in [2.45, 2.75) is 52.1 Å². The summed E-state index contributed by atoms with van der Waals surface area (Å²) in [5.74, 6) is -0.476. The average molecular weight is 386 g/mol. The van der Waals surface area contributed by atoms with Gasteiger partial charge in [0.05, 0.1) is 5.69 Å². The van der Waals surface area contributed by atoms with Crippen LogP contribution in [0.2, 0.25) is 0 Å². The molecule has 1 aromatic carbocycles. The number of hydrogen-bond donors (Lipinski definition) is 1. The van der Waals surface area contributed by atoms with Crippen molar-refractivity contribution in [1.82, 2.24) is 19.8 Å². The lowest BCUT2D eigenvalue weighted by atomic mass is 10.1. The summed E-state index contributed by atoms with van der Waals surface area (Å²) in [6, 6.07) is 5.99. The van der Waals surface area contributed by atoms with E-state index in [2.05, 4.69) is 17.2 Å². The van der Waals surface area contributed by atoms with E-state index in [1.165, 1.54) is 12.1 Å². The molecule has 150 valence electrons. The third-order valence-electron chi connectivity index (χ3n) is 5.08. The molecule has 0 unspecified atom stereocenters. The zero-order valence-corrected chi connectivity index (χ0v) is 16.5. The number of imidazole rings is 1. The quantitative estimate of drug-likeness (QED) is 0.795. The molecule has 0 aliphatic carbocycles. The molecule has 0 saturated carbocycles. The normalized spacial score (nSPS) is 13.1. The van der Waals surface area contributed by atoms with Gasteiger partial charge < -0.3 is 14.8 Å². The summed E-state index contributed by atoms with van der Waals surface area (Å²) in [6.45, 7) is 3.72. The van der Waals surface area contributed by atoms with Crippen molar-refractivity contribution in [1.29, 1.82) is 0 Å². The molecule has 0 atom stereocenters. The molecule has 7 heteroatoms. The molecule has 2 heterocycles. The third kappa shape index (κ3) is 4.40. The SMILES string of the molecule is CCCCN(C)C(=O)c1nc(C(=O)NCc2ccc(F)cc2)n2c1CCCC2. The van der Waals surface area contributed by atoms with Crippen LogP contribution in [-0.2, 0) is 19.5 Å². The van der Waals surface area contributed by atoms with E-state index in [0.717, 1.165) is 43.4 Å².